The molecule has 7 heteroatoms. The maximum atomic E-state index is 12.6. The molecule has 136 valence electrons. The van der Waals surface area contributed by atoms with Crippen LogP contribution in [0.1, 0.15) is 22.8 Å². The minimum absolute atomic E-state index is 0.0249. The molecule has 0 radical (unpaired) electrons. The van der Waals surface area contributed by atoms with Crippen LogP contribution in [0.3, 0.4) is 0 Å². The molecule has 0 unspecified atom stereocenters. The lowest BCUT2D eigenvalue weighted by Gasteiger charge is -2.12. The van der Waals surface area contributed by atoms with Crippen LogP contribution in [0.15, 0.2) is 59.7 Å². The molecule has 0 aliphatic carbocycles. The predicted molar refractivity (Wildman–Crippen MR) is 104 cm³/mol. The van der Waals surface area contributed by atoms with Gasteiger partial charge in [0.05, 0.1) is 11.4 Å². The molecule has 2 aromatic heterocycles. The van der Waals surface area contributed by atoms with Gasteiger partial charge in [-0.3, -0.25) is 19.4 Å². The Hall–Kier alpha value is -3.74. The van der Waals surface area contributed by atoms with Crippen LogP contribution in [0, 0.1) is 6.92 Å². The van der Waals surface area contributed by atoms with Crippen molar-refractivity contribution in [3.05, 3.63) is 76.3 Å². The number of benzene rings is 1. The zero-order chi connectivity index (χ0) is 19.4. The number of anilines is 2. The summed E-state index contributed by atoms with van der Waals surface area (Å²) in [5.74, 6) is -0.816. The van der Waals surface area contributed by atoms with Crippen molar-refractivity contribution in [2.75, 3.05) is 10.6 Å². The van der Waals surface area contributed by atoms with Crippen LogP contribution in [-0.4, -0.2) is 21.8 Å². The summed E-state index contributed by atoms with van der Waals surface area (Å²) in [6.45, 7) is 3.25. The first kappa shape index (κ1) is 18.1. The largest absolute Gasteiger partial charge is 0.325 e. The van der Waals surface area contributed by atoms with E-state index in [-0.39, 0.29) is 11.5 Å². The zero-order valence-corrected chi connectivity index (χ0v) is 14.9. The topological polar surface area (TPSA) is 104 Å². The van der Waals surface area contributed by atoms with Crippen LogP contribution in [-0.2, 0) is 4.79 Å². The van der Waals surface area contributed by atoms with Gasteiger partial charge in [0.15, 0.2) is 0 Å². The Morgan fingerprint density at radius 3 is 2.37 bits per heavy atom. The number of carbonyl (C=O) groups is 2. The summed E-state index contributed by atoms with van der Waals surface area (Å²) in [7, 11) is 0. The number of amides is 2. The summed E-state index contributed by atoms with van der Waals surface area (Å²) in [4.78, 5) is 42.9. The number of hydrogen-bond donors (Lipinski definition) is 3. The highest BCUT2D eigenvalue weighted by atomic mass is 16.2. The molecule has 27 heavy (non-hydrogen) atoms. The molecule has 0 aliphatic rings. The Kier molecular flexibility index (Phi) is 5.12. The van der Waals surface area contributed by atoms with E-state index in [1.165, 1.54) is 13.0 Å². The fraction of sp³-hybridized carbons (Fsp3) is 0.100. The average molecular weight is 362 g/mol. The van der Waals surface area contributed by atoms with Gasteiger partial charge in [-0.05, 0) is 48.9 Å². The van der Waals surface area contributed by atoms with Crippen LogP contribution < -0.4 is 16.2 Å². The molecule has 0 fully saturated rings. The third kappa shape index (κ3) is 4.27. The molecule has 0 spiro atoms. The van der Waals surface area contributed by atoms with Crippen molar-refractivity contribution in [1.82, 2.24) is 9.97 Å². The zero-order valence-electron chi connectivity index (χ0n) is 14.9. The summed E-state index contributed by atoms with van der Waals surface area (Å²) in [6.07, 6.45) is 3.24. The molecule has 3 N–H and O–H groups in total. The minimum Gasteiger partial charge on any atom is -0.325 e. The van der Waals surface area contributed by atoms with Crippen LogP contribution in [0.25, 0.3) is 11.3 Å². The Bertz CT molecular complexity index is 1060. The number of pyridine rings is 2. The molecule has 1 aromatic carbocycles. The highest BCUT2D eigenvalue weighted by Crippen LogP contribution is 2.23. The van der Waals surface area contributed by atoms with Crippen molar-refractivity contribution in [3.8, 4) is 11.3 Å². The number of aromatic nitrogens is 2. The molecule has 0 saturated heterocycles. The van der Waals surface area contributed by atoms with Crippen LogP contribution in [0.4, 0.5) is 11.4 Å². The maximum absolute atomic E-state index is 12.6. The fourth-order valence-electron chi connectivity index (χ4n) is 2.60. The molecule has 0 atom stereocenters. The lowest BCUT2D eigenvalue weighted by Crippen LogP contribution is -2.24. The highest BCUT2D eigenvalue weighted by molar-refractivity contribution is 6.07. The summed E-state index contributed by atoms with van der Waals surface area (Å²) in [5.41, 5.74) is 2.65. The molecular weight excluding hydrogens is 344 g/mol. The summed E-state index contributed by atoms with van der Waals surface area (Å²) in [6, 6.07) is 11.9. The second-order valence-corrected chi connectivity index (χ2v) is 6.04. The quantitative estimate of drug-likeness (QED) is 0.664. The van der Waals surface area contributed by atoms with Crippen LogP contribution in [0.5, 0.6) is 0 Å². The van der Waals surface area contributed by atoms with Gasteiger partial charge in [0.2, 0.25) is 5.91 Å². The van der Waals surface area contributed by atoms with Crippen molar-refractivity contribution in [1.29, 1.82) is 0 Å². The Labute approximate surface area is 155 Å². The Morgan fingerprint density at radius 2 is 1.70 bits per heavy atom. The van der Waals surface area contributed by atoms with E-state index in [4.69, 9.17) is 0 Å². The van der Waals surface area contributed by atoms with E-state index in [1.54, 1.807) is 42.7 Å². The van der Waals surface area contributed by atoms with Gasteiger partial charge in [-0.1, -0.05) is 6.07 Å². The maximum Gasteiger partial charge on any atom is 0.261 e. The lowest BCUT2D eigenvalue weighted by molar-refractivity contribution is -0.114. The van der Waals surface area contributed by atoms with Gasteiger partial charge in [0.1, 0.15) is 5.56 Å². The van der Waals surface area contributed by atoms with Crippen molar-refractivity contribution < 1.29 is 9.59 Å². The first-order chi connectivity index (χ1) is 12.9. The van der Waals surface area contributed by atoms with E-state index in [1.807, 2.05) is 13.0 Å². The number of H-pyrrole nitrogens is 1. The Balaban J connectivity index is 1.88. The molecular formula is C20H18N4O3. The van der Waals surface area contributed by atoms with Crippen molar-refractivity contribution >= 4 is 23.2 Å². The van der Waals surface area contributed by atoms with Gasteiger partial charge in [0.25, 0.3) is 11.5 Å². The van der Waals surface area contributed by atoms with Crippen molar-refractivity contribution in [2.45, 2.75) is 13.8 Å². The normalized spacial score (nSPS) is 10.3. The summed E-state index contributed by atoms with van der Waals surface area (Å²) in [5, 5.41) is 5.35. The SMILES string of the molecule is CC(=O)Nc1ccc(C)cc1NC(=O)c1ccc(-c2ccncc2)[nH]c1=O. The summed E-state index contributed by atoms with van der Waals surface area (Å²) >= 11 is 0. The number of aryl methyl sites for hydroxylation is 1. The molecule has 2 amide bonds. The lowest BCUT2D eigenvalue weighted by atomic mass is 10.1. The van der Waals surface area contributed by atoms with E-state index < -0.39 is 11.5 Å². The molecule has 3 rings (SSSR count). The monoisotopic (exact) mass is 362 g/mol. The molecule has 0 aliphatic heterocycles. The molecule has 7 nitrogen and oxygen atoms in total. The van der Waals surface area contributed by atoms with Crippen molar-refractivity contribution in [3.63, 3.8) is 0 Å². The van der Waals surface area contributed by atoms with Gasteiger partial charge in [-0.15, -0.1) is 0 Å². The van der Waals surface area contributed by atoms with Gasteiger partial charge in [0, 0.05) is 30.6 Å². The van der Waals surface area contributed by atoms with Crippen LogP contribution >= 0.6 is 0 Å². The second kappa shape index (κ2) is 7.65. The first-order valence-electron chi connectivity index (χ1n) is 8.27. The highest BCUT2D eigenvalue weighted by Gasteiger charge is 2.14. The number of nitrogens with one attached hydrogen (secondary N) is 3. The average Bonchev–Trinajstić information content (AvgIpc) is 2.64. The second-order valence-electron chi connectivity index (χ2n) is 6.04. The molecule has 0 bridgehead atoms. The number of nitrogens with zero attached hydrogens (tertiary/aromatic N) is 1. The number of rotatable bonds is 4. The van der Waals surface area contributed by atoms with Gasteiger partial charge >= 0.3 is 0 Å². The molecule has 3 aromatic rings. The van der Waals surface area contributed by atoms with Gasteiger partial charge in [-0.25, -0.2) is 0 Å². The smallest absolute Gasteiger partial charge is 0.261 e. The minimum atomic E-state index is -0.560. The first-order valence-corrected chi connectivity index (χ1v) is 8.27. The Morgan fingerprint density at radius 1 is 0.963 bits per heavy atom. The number of carbonyl (C=O) groups excluding carboxylic acids is 2. The predicted octanol–water partition coefficient (Wildman–Crippen LogP) is 2.96. The summed E-state index contributed by atoms with van der Waals surface area (Å²) < 4.78 is 0. The van der Waals surface area contributed by atoms with E-state index in [9.17, 15) is 14.4 Å². The van der Waals surface area contributed by atoms with E-state index in [2.05, 4.69) is 20.6 Å². The van der Waals surface area contributed by atoms with Gasteiger partial charge < -0.3 is 15.6 Å². The third-order valence-electron chi connectivity index (χ3n) is 3.88. The number of aromatic amines is 1. The van der Waals surface area contributed by atoms with E-state index in [0.717, 1.165) is 11.1 Å². The third-order valence-corrected chi connectivity index (χ3v) is 3.88. The van der Waals surface area contributed by atoms with Gasteiger partial charge in [-0.2, -0.15) is 0 Å². The number of hydrogen-bond acceptors (Lipinski definition) is 4. The standard InChI is InChI=1S/C20H18N4O3/c1-12-3-5-17(22-13(2)25)18(11-12)24-20(27)15-4-6-16(23-19(15)26)14-7-9-21-10-8-14/h3-11H,1-2H3,(H,22,25)(H,23,26)(H,24,27). The van der Waals surface area contributed by atoms with E-state index >= 15 is 0 Å². The molecule has 0 saturated carbocycles. The van der Waals surface area contributed by atoms with Crippen molar-refractivity contribution in [2.24, 2.45) is 0 Å². The fourth-order valence-corrected chi connectivity index (χ4v) is 2.60. The van der Waals surface area contributed by atoms with Crippen LogP contribution in [0.2, 0.25) is 0 Å². The van der Waals surface area contributed by atoms with E-state index in [0.29, 0.717) is 17.1 Å². The molecule has 2 heterocycles.